The predicted molar refractivity (Wildman–Crippen MR) is 103 cm³/mol. The van der Waals surface area contributed by atoms with Crippen molar-refractivity contribution < 1.29 is 24.3 Å². The van der Waals surface area contributed by atoms with Crippen LogP contribution in [0.5, 0.6) is 0 Å². The van der Waals surface area contributed by atoms with Crippen molar-refractivity contribution in [3.63, 3.8) is 0 Å². The van der Waals surface area contributed by atoms with Crippen LogP contribution in [0, 0.1) is 0 Å². The molecule has 3 aromatic carbocycles. The van der Waals surface area contributed by atoms with Gasteiger partial charge in [0.1, 0.15) is 0 Å². The van der Waals surface area contributed by atoms with Gasteiger partial charge < -0.3 is 15.2 Å². The van der Waals surface area contributed by atoms with Crippen LogP contribution in [-0.2, 0) is 0 Å². The molecule has 1 aliphatic heterocycles. The minimum Gasteiger partial charge on any atom is -0.545 e. The van der Waals surface area contributed by atoms with E-state index < -0.39 is 23.7 Å². The van der Waals surface area contributed by atoms with Crippen molar-refractivity contribution in [1.82, 2.24) is 0 Å². The van der Waals surface area contributed by atoms with Crippen molar-refractivity contribution in [3.05, 3.63) is 95.1 Å². The minimum atomic E-state index is -1.42. The van der Waals surface area contributed by atoms with Gasteiger partial charge in [-0.25, -0.2) is 4.90 Å². The zero-order chi connectivity index (χ0) is 20.5. The molecule has 4 rings (SSSR count). The lowest BCUT2D eigenvalue weighted by molar-refractivity contribution is -0.254. The molecule has 0 bridgehead atoms. The van der Waals surface area contributed by atoms with Crippen LogP contribution in [0.2, 0.25) is 0 Å². The lowest BCUT2D eigenvalue weighted by atomic mass is 10.0. The van der Waals surface area contributed by atoms with E-state index >= 15 is 0 Å². The Morgan fingerprint density at radius 3 is 2.17 bits per heavy atom. The molecule has 1 aliphatic rings. The van der Waals surface area contributed by atoms with Gasteiger partial charge in [0.05, 0.1) is 28.5 Å². The summed E-state index contributed by atoms with van der Waals surface area (Å²) in [5, 5.41) is 13.7. The maximum Gasteiger partial charge on any atom is 0.266 e. The van der Waals surface area contributed by atoms with Gasteiger partial charge in [0.25, 0.3) is 17.7 Å². The standard InChI is InChI=1S/C22H14N2O5/c25-19(23-18-9-5-4-8-16(18)22(28)29)13-10-11-15-17(12-13)21(27)24(20(15)26)14-6-2-1-3-7-14/h1-12H,(H,23,25)(H,28,29)/p-1. The number of rotatable bonds is 4. The lowest BCUT2D eigenvalue weighted by Gasteiger charge is -2.13. The molecule has 1 N–H and O–H groups in total. The largest absolute Gasteiger partial charge is 0.545 e. The van der Waals surface area contributed by atoms with E-state index in [-0.39, 0.29) is 27.9 Å². The molecule has 0 unspecified atom stereocenters. The predicted octanol–water partition coefficient (Wildman–Crippen LogP) is 2.10. The topological polar surface area (TPSA) is 107 Å². The van der Waals surface area contributed by atoms with Crippen LogP contribution < -0.4 is 15.3 Å². The Balaban J connectivity index is 1.65. The second-order valence-electron chi connectivity index (χ2n) is 6.33. The monoisotopic (exact) mass is 385 g/mol. The number of nitrogens with zero attached hydrogens (tertiary/aromatic N) is 1. The molecule has 0 aliphatic carbocycles. The summed E-state index contributed by atoms with van der Waals surface area (Å²) in [6, 6.07) is 18.5. The molecule has 0 atom stereocenters. The van der Waals surface area contributed by atoms with Gasteiger partial charge in [0.15, 0.2) is 0 Å². The second-order valence-corrected chi connectivity index (χ2v) is 6.33. The molecule has 0 radical (unpaired) electrons. The van der Waals surface area contributed by atoms with Crippen molar-refractivity contribution in [1.29, 1.82) is 0 Å². The molecule has 3 amide bonds. The zero-order valence-electron chi connectivity index (χ0n) is 14.9. The molecule has 0 spiro atoms. The summed E-state index contributed by atoms with van der Waals surface area (Å²) in [6.07, 6.45) is 0. The summed E-state index contributed by atoms with van der Waals surface area (Å²) in [5.74, 6) is -3.03. The SMILES string of the molecule is O=C(Nc1ccccc1C(=O)[O-])c1ccc2c(c1)C(=O)N(c1ccccc1)C2=O. The first-order chi connectivity index (χ1) is 14.0. The smallest absolute Gasteiger partial charge is 0.266 e. The highest BCUT2D eigenvalue weighted by Crippen LogP contribution is 2.29. The van der Waals surface area contributed by atoms with Crippen LogP contribution in [-0.4, -0.2) is 23.7 Å². The second kappa shape index (κ2) is 7.05. The fourth-order valence-corrected chi connectivity index (χ4v) is 3.16. The third kappa shape index (κ3) is 3.14. The number of imide groups is 1. The minimum absolute atomic E-state index is 0.0753. The zero-order valence-corrected chi connectivity index (χ0v) is 14.9. The van der Waals surface area contributed by atoms with Gasteiger partial charge in [0, 0.05) is 11.1 Å². The number of nitrogens with one attached hydrogen (secondary N) is 1. The van der Waals surface area contributed by atoms with Crippen molar-refractivity contribution >= 4 is 35.1 Å². The highest BCUT2D eigenvalue weighted by atomic mass is 16.4. The van der Waals surface area contributed by atoms with E-state index in [0.717, 1.165) is 4.90 Å². The van der Waals surface area contributed by atoms with Crippen molar-refractivity contribution in [2.24, 2.45) is 0 Å². The van der Waals surface area contributed by atoms with Crippen LogP contribution >= 0.6 is 0 Å². The molecule has 1 heterocycles. The summed E-state index contributed by atoms with van der Waals surface area (Å²) in [4.78, 5) is 50.2. The summed E-state index contributed by atoms with van der Waals surface area (Å²) >= 11 is 0. The van der Waals surface area contributed by atoms with E-state index in [0.29, 0.717) is 5.69 Å². The van der Waals surface area contributed by atoms with Crippen molar-refractivity contribution in [2.45, 2.75) is 0 Å². The quantitative estimate of drug-likeness (QED) is 0.692. The van der Waals surface area contributed by atoms with Crippen LogP contribution in [0.4, 0.5) is 11.4 Å². The number of aromatic carboxylic acids is 1. The van der Waals surface area contributed by atoms with Gasteiger partial charge in [-0.1, -0.05) is 36.4 Å². The summed E-state index contributed by atoms with van der Waals surface area (Å²) < 4.78 is 0. The highest BCUT2D eigenvalue weighted by Gasteiger charge is 2.37. The molecular weight excluding hydrogens is 372 g/mol. The summed E-state index contributed by atoms with van der Waals surface area (Å²) in [5.41, 5.74) is 0.778. The maximum absolute atomic E-state index is 12.8. The highest BCUT2D eigenvalue weighted by molar-refractivity contribution is 6.34. The Morgan fingerprint density at radius 2 is 1.45 bits per heavy atom. The first-order valence-corrected chi connectivity index (χ1v) is 8.67. The Morgan fingerprint density at radius 1 is 0.793 bits per heavy atom. The Labute approximate surface area is 165 Å². The molecule has 142 valence electrons. The third-order valence-electron chi connectivity index (χ3n) is 4.56. The first-order valence-electron chi connectivity index (χ1n) is 8.67. The van der Waals surface area contributed by atoms with E-state index in [9.17, 15) is 24.3 Å². The Kier molecular flexibility index (Phi) is 4.40. The number of hydrogen-bond donors (Lipinski definition) is 1. The number of carbonyl (C=O) groups is 4. The van der Waals surface area contributed by atoms with Gasteiger partial charge in [-0.2, -0.15) is 0 Å². The third-order valence-corrected chi connectivity index (χ3v) is 4.56. The number of carboxylic acids is 1. The number of para-hydroxylation sites is 2. The molecule has 3 aromatic rings. The number of hydrogen-bond acceptors (Lipinski definition) is 5. The number of fused-ring (bicyclic) bond motifs is 1. The van der Waals surface area contributed by atoms with E-state index in [4.69, 9.17) is 0 Å². The summed E-state index contributed by atoms with van der Waals surface area (Å²) in [6.45, 7) is 0. The number of amides is 3. The number of anilines is 2. The Hall–Kier alpha value is -4.26. The van der Waals surface area contributed by atoms with E-state index in [1.165, 1.54) is 36.4 Å². The van der Waals surface area contributed by atoms with Crippen LogP contribution in [0.3, 0.4) is 0 Å². The van der Waals surface area contributed by atoms with E-state index in [2.05, 4.69) is 5.32 Å². The maximum atomic E-state index is 12.8. The molecule has 29 heavy (non-hydrogen) atoms. The fourth-order valence-electron chi connectivity index (χ4n) is 3.16. The van der Waals surface area contributed by atoms with E-state index in [1.807, 2.05) is 0 Å². The molecule has 0 saturated carbocycles. The average molecular weight is 385 g/mol. The molecule has 7 nitrogen and oxygen atoms in total. The average Bonchev–Trinajstić information content (AvgIpc) is 2.98. The molecule has 7 heteroatoms. The molecule has 0 aromatic heterocycles. The van der Waals surface area contributed by atoms with Crippen molar-refractivity contribution in [3.8, 4) is 0 Å². The van der Waals surface area contributed by atoms with Crippen LogP contribution in [0.25, 0.3) is 0 Å². The summed E-state index contributed by atoms with van der Waals surface area (Å²) in [7, 11) is 0. The van der Waals surface area contributed by atoms with Gasteiger partial charge in [-0.15, -0.1) is 0 Å². The first kappa shape index (κ1) is 18.1. The van der Waals surface area contributed by atoms with Crippen LogP contribution in [0.1, 0.15) is 41.4 Å². The van der Waals surface area contributed by atoms with E-state index in [1.54, 1.807) is 36.4 Å². The number of carboxylic acid groups (broad SMARTS) is 1. The number of carbonyl (C=O) groups excluding carboxylic acids is 4. The molecule has 0 fully saturated rings. The molecular formula is C22H13N2O5-. The molecule has 0 saturated heterocycles. The number of benzene rings is 3. The van der Waals surface area contributed by atoms with Gasteiger partial charge in [0.2, 0.25) is 0 Å². The van der Waals surface area contributed by atoms with Crippen LogP contribution in [0.15, 0.2) is 72.8 Å². The van der Waals surface area contributed by atoms with Gasteiger partial charge >= 0.3 is 0 Å². The van der Waals surface area contributed by atoms with Crippen molar-refractivity contribution in [2.75, 3.05) is 10.2 Å². The van der Waals surface area contributed by atoms with Gasteiger partial charge in [-0.3, -0.25) is 14.4 Å². The van der Waals surface area contributed by atoms with Gasteiger partial charge in [-0.05, 0) is 36.4 Å². The normalized spacial score (nSPS) is 12.6. The fraction of sp³-hybridized carbons (Fsp3) is 0. The lowest BCUT2D eigenvalue weighted by Crippen LogP contribution is -2.29. The Bertz CT molecular complexity index is 1170.